The van der Waals surface area contributed by atoms with Crippen LogP contribution in [0.3, 0.4) is 0 Å². The predicted molar refractivity (Wildman–Crippen MR) is 80.8 cm³/mol. The summed E-state index contributed by atoms with van der Waals surface area (Å²) in [5.41, 5.74) is 4.48. The highest BCUT2D eigenvalue weighted by Crippen LogP contribution is 2.29. The van der Waals surface area contributed by atoms with Gasteiger partial charge in [-0.1, -0.05) is 25.1 Å². The molecule has 0 aliphatic heterocycles. The molecule has 0 fully saturated rings. The molecule has 1 aromatic carbocycles. The molecule has 0 unspecified atom stereocenters. The number of ketones is 1. The van der Waals surface area contributed by atoms with Crippen LogP contribution in [-0.2, 0) is 27.0 Å². The normalized spacial score (nSPS) is 12.5. The number of hydrogen-bond acceptors (Lipinski definition) is 3. The van der Waals surface area contributed by atoms with E-state index >= 15 is 0 Å². The van der Waals surface area contributed by atoms with Crippen LogP contribution in [0, 0.1) is 0 Å². The van der Waals surface area contributed by atoms with Crippen molar-refractivity contribution in [2.45, 2.75) is 44.8 Å². The fourth-order valence-electron chi connectivity index (χ4n) is 2.06. The van der Waals surface area contributed by atoms with Crippen LogP contribution in [0.1, 0.15) is 37.3 Å². The van der Waals surface area contributed by atoms with Crippen LogP contribution in [0.5, 0.6) is 0 Å². The zero-order valence-corrected chi connectivity index (χ0v) is 13.2. The van der Waals surface area contributed by atoms with E-state index in [0.717, 1.165) is 12.1 Å². The first-order valence-corrected chi connectivity index (χ1v) is 7.40. The van der Waals surface area contributed by atoms with E-state index in [-0.39, 0.29) is 30.6 Å². The minimum Gasteiger partial charge on any atom is -0.368 e. The van der Waals surface area contributed by atoms with Crippen molar-refractivity contribution in [2.24, 2.45) is 5.73 Å². The van der Waals surface area contributed by atoms with E-state index in [1.54, 1.807) is 6.92 Å². The highest BCUT2D eigenvalue weighted by Gasteiger charge is 2.30. The summed E-state index contributed by atoms with van der Waals surface area (Å²) in [6.45, 7) is 1.67. The van der Waals surface area contributed by atoms with Crippen molar-refractivity contribution in [3.8, 4) is 0 Å². The lowest BCUT2D eigenvalue weighted by Crippen LogP contribution is -2.45. The zero-order chi connectivity index (χ0) is 18.3. The molecule has 0 heterocycles. The number of nitrogens with two attached hydrogens (primary N) is 1. The number of rotatable bonds is 8. The highest BCUT2D eigenvalue weighted by atomic mass is 19.4. The monoisotopic (exact) mass is 344 g/mol. The van der Waals surface area contributed by atoms with E-state index in [1.165, 1.54) is 12.1 Å². The Labute approximate surface area is 137 Å². The predicted octanol–water partition coefficient (Wildman–Crippen LogP) is 1.98. The third-order valence-corrected chi connectivity index (χ3v) is 3.40. The van der Waals surface area contributed by atoms with E-state index in [2.05, 4.69) is 5.32 Å². The molecule has 0 saturated carbocycles. The first kappa shape index (κ1) is 19.7. The first-order valence-electron chi connectivity index (χ1n) is 7.40. The van der Waals surface area contributed by atoms with E-state index < -0.39 is 29.6 Å². The van der Waals surface area contributed by atoms with Gasteiger partial charge >= 0.3 is 6.18 Å². The van der Waals surface area contributed by atoms with Gasteiger partial charge in [0.05, 0.1) is 12.0 Å². The summed E-state index contributed by atoms with van der Waals surface area (Å²) < 4.78 is 37.9. The van der Waals surface area contributed by atoms with Gasteiger partial charge in [0.2, 0.25) is 11.8 Å². The Balaban J connectivity index is 2.69. The van der Waals surface area contributed by atoms with Crippen molar-refractivity contribution in [2.75, 3.05) is 0 Å². The number of hydrogen-bond donors (Lipinski definition) is 2. The van der Waals surface area contributed by atoms with Crippen LogP contribution in [0.2, 0.25) is 0 Å². The van der Waals surface area contributed by atoms with E-state index in [9.17, 15) is 27.6 Å². The average Bonchev–Trinajstić information content (AvgIpc) is 2.50. The van der Waals surface area contributed by atoms with Gasteiger partial charge in [-0.25, -0.2) is 0 Å². The standard InChI is InChI=1S/C16H19F3N2O3/c1-2-12(22)6-7-13(15(20)24)21-14(23)9-10-4-3-5-11(8-10)16(17,18)19/h3-5,8,13H,2,6-7,9H2,1H3,(H2,20,24)(H,21,23)/t13-/m0/s1. The number of carbonyl (C=O) groups excluding carboxylic acids is 3. The molecule has 0 radical (unpaired) electrons. The Morgan fingerprint density at radius 3 is 2.46 bits per heavy atom. The van der Waals surface area contributed by atoms with Crippen LogP contribution in [0.25, 0.3) is 0 Å². The molecular formula is C16H19F3N2O3. The fourth-order valence-corrected chi connectivity index (χ4v) is 2.06. The fraction of sp³-hybridized carbons (Fsp3) is 0.438. The second-order valence-electron chi connectivity index (χ2n) is 5.33. The van der Waals surface area contributed by atoms with Gasteiger partial charge in [0, 0.05) is 12.8 Å². The van der Waals surface area contributed by atoms with Gasteiger partial charge in [0.1, 0.15) is 11.8 Å². The summed E-state index contributed by atoms with van der Waals surface area (Å²) in [7, 11) is 0. The minimum atomic E-state index is -4.50. The Kier molecular flexibility index (Phi) is 6.94. The molecule has 8 heteroatoms. The SMILES string of the molecule is CCC(=O)CC[C@H](NC(=O)Cc1cccc(C(F)(F)F)c1)C(N)=O. The number of benzene rings is 1. The molecule has 0 bridgehead atoms. The van der Waals surface area contributed by atoms with Gasteiger partial charge in [-0.2, -0.15) is 13.2 Å². The van der Waals surface area contributed by atoms with Crippen LogP contribution in [-0.4, -0.2) is 23.6 Å². The third kappa shape index (κ3) is 6.39. The maximum atomic E-state index is 12.6. The van der Waals surface area contributed by atoms with Crippen molar-refractivity contribution in [3.63, 3.8) is 0 Å². The van der Waals surface area contributed by atoms with Crippen molar-refractivity contribution in [1.29, 1.82) is 0 Å². The van der Waals surface area contributed by atoms with Gasteiger partial charge in [0.15, 0.2) is 0 Å². The number of amides is 2. The van der Waals surface area contributed by atoms with Crippen LogP contribution < -0.4 is 11.1 Å². The summed E-state index contributed by atoms with van der Waals surface area (Å²) in [5, 5.41) is 2.36. The van der Waals surface area contributed by atoms with E-state index in [0.29, 0.717) is 6.42 Å². The molecule has 132 valence electrons. The highest BCUT2D eigenvalue weighted by molar-refractivity contribution is 5.88. The lowest BCUT2D eigenvalue weighted by molar-refractivity contribution is -0.137. The molecule has 24 heavy (non-hydrogen) atoms. The van der Waals surface area contributed by atoms with Crippen molar-refractivity contribution in [3.05, 3.63) is 35.4 Å². The van der Waals surface area contributed by atoms with Crippen LogP contribution in [0.15, 0.2) is 24.3 Å². The summed E-state index contributed by atoms with van der Waals surface area (Å²) in [5.74, 6) is -1.51. The third-order valence-electron chi connectivity index (χ3n) is 3.40. The maximum absolute atomic E-state index is 12.6. The lowest BCUT2D eigenvalue weighted by atomic mass is 10.1. The van der Waals surface area contributed by atoms with Gasteiger partial charge in [-0.3, -0.25) is 14.4 Å². The molecule has 1 aromatic rings. The average molecular weight is 344 g/mol. The molecule has 2 amide bonds. The zero-order valence-electron chi connectivity index (χ0n) is 13.2. The van der Waals surface area contributed by atoms with Gasteiger partial charge < -0.3 is 11.1 Å². The quantitative estimate of drug-likeness (QED) is 0.756. The summed E-state index contributed by atoms with van der Waals surface area (Å²) >= 11 is 0. The maximum Gasteiger partial charge on any atom is 0.416 e. The van der Waals surface area contributed by atoms with E-state index in [1.807, 2.05) is 0 Å². The summed E-state index contributed by atoms with van der Waals surface area (Å²) in [6.07, 6.45) is -4.36. The number of carbonyl (C=O) groups is 3. The molecule has 3 N–H and O–H groups in total. The van der Waals surface area contributed by atoms with Crippen LogP contribution >= 0.6 is 0 Å². The van der Waals surface area contributed by atoms with Crippen LogP contribution in [0.4, 0.5) is 13.2 Å². The molecular weight excluding hydrogens is 325 g/mol. The Hall–Kier alpha value is -2.38. The molecule has 1 atom stereocenters. The number of Topliss-reactive ketones (excluding diaryl/α,β-unsaturated/α-hetero) is 1. The smallest absolute Gasteiger partial charge is 0.368 e. The second-order valence-corrected chi connectivity index (χ2v) is 5.33. The number of halogens is 3. The van der Waals surface area contributed by atoms with Gasteiger partial charge in [0.25, 0.3) is 0 Å². The Morgan fingerprint density at radius 1 is 1.25 bits per heavy atom. The molecule has 0 aliphatic carbocycles. The van der Waals surface area contributed by atoms with Crippen molar-refractivity contribution < 1.29 is 27.6 Å². The molecule has 0 aromatic heterocycles. The van der Waals surface area contributed by atoms with Crippen molar-refractivity contribution in [1.82, 2.24) is 5.32 Å². The van der Waals surface area contributed by atoms with Gasteiger partial charge in [-0.05, 0) is 18.1 Å². The Bertz CT molecular complexity index is 615. The second kappa shape index (κ2) is 8.47. The number of primary amides is 1. The lowest BCUT2D eigenvalue weighted by Gasteiger charge is -2.15. The van der Waals surface area contributed by atoms with Gasteiger partial charge in [-0.15, -0.1) is 0 Å². The molecule has 0 aliphatic rings. The largest absolute Gasteiger partial charge is 0.416 e. The topological polar surface area (TPSA) is 89.3 Å². The molecule has 0 saturated heterocycles. The summed E-state index contributed by atoms with van der Waals surface area (Å²) in [4.78, 5) is 34.5. The minimum absolute atomic E-state index is 0.0658. The number of alkyl halides is 3. The molecule has 5 nitrogen and oxygen atoms in total. The van der Waals surface area contributed by atoms with Crippen molar-refractivity contribution >= 4 is 17.6 Å². The molecule has 0 spiro atoms. The first-order chi connectivity index (χ1) is 11.1. The number of nitrogens with one attached hydrogen (secondary N) is 1. The Morgan fingerprint density at radius 2 is 1.92 bits per heavy atom. The van der Waals surface area contributed by atoms with E-state index in [4.69, 9.17) is 5.73 Å². The summed E-state index contributed by atoms with van der Waals surface area (Å²) in [6, 6.07) is 3.34. The molecule has 1 rings (SSSR count).